The molecule has 0 unspecified atom stereocenters. The Bertz CT molecular complexity index is 1450. The third-order valence-corrected chi connectivity index (χ3v) is 5.15. The number of aryl methyl sites for hydroxylation is 1. The molecule has 8 heteroatoms. The number of ether oxygens (including phenoxy) is 3. The van der Waals surface area contributed by atoms with E-state index in [1.165, 1.54) is 18.3 Å². The summed E-state index contributed by atoms with van der Waals surface area (Å²) in [6.07, 6.45) is 1.37. The summed E-state index contributed by atoms with van der Waals surface area (Å²) in [4.78, 5) is 37.4. The molecule has 0 saturated carbocycles. The van der Waals surface area contributed by atoms with Crippen molar-refractivity contribution in [2.75, 3.05) is 6.61 Å². The molecule has 1 N–H and O–H groups in total. The Kier molecular flexibility index (Phi) is 8.60. The average Bonchev–Trinajstić information content (AvgIpc) is 2.94. The van der Waals surface area contributed by atoms with E-state index in [1.807, 2.05) is 25.1 Å². The molecule has 0 aliphatic heterocycles. The minimum absolute atomic E-state index is 0.0150. The third-order valence-electron chi connectivity index (χ3n) is 5.15. The summed E-state index contributed by atoms with van der Waals surface area (Å²) in [6.45, 7) is 1.71. The van der Waals surface area contributed by atoms with Crippen molar-refractivity contribution in [3.63, 3.8) is 0 Å². The summed E-state index contributed by atoms with van der Waals surface area (Å²) < 4.78 is 16.5. The predicted octanol–water partition coefficient (Wildman–Crippen LogP) is 4.96. The van der Waals surface area contributed by atoms with E-state index in [-0.39, 0.29) is 18.1 Å². The van der Waals surface area contributed by atoms with Gasteiger partial charge in [0.15, 0.2) is 18.1 Å². The van der Waals surface area contributed by atoms with Crippen LogP contribution in [0, 0.1) is 6.92 Å². The van der Waals surface area contributed by atoms with Crippen LogP contribution in [0.4, 0.5) is 0 Å². The van der Waals surface area contributed by atoms with Crippen LogP contribution in [-0.2, 0) is 4.79 Å². The van der Waals surface area contributed by atoms with Gasteiger partial charge in [0.2, 0.25) is 0 Å². The smallest absolute Gasteiger partial charge is 0.343 e. The maximum Gasteiger partial charge on any atom is 0.343 e. The molecule has 0 aliphatic rings. The van der Waals surface area contributed by atoms with Crippen molar-refractivity contribution in [3.05, 3.63) is 125 Å². The van der Waals surface area contributed by atoms with E-state index in [9.17, 15) is 14.4 Å². The normalized spacial score (nSPS) is 10.6. The first kappa shape index (κ1) is 25.8. The number of carbonyl (C=O) groups is 3. The van der Waals surface area contributed by atoms with E-state index < -0.39 is 17.8 Å². The quantitative estimate of drug-likeness (QED) is 0.148. The Labute approximate surface area is 219 Å². The molecule has 0 fully saturated rings. The molecular formula is C30H24N2O6. The molecule has 0 aromatic heterocycles. The Morgan fingerprint density at radius 1 is 0.737 bits per heavy atom. The minimum atomic E-state index is -0.627. The first-order chi connectivity index (χ1) is 18.5. The summed E-state index contributed by atoms with van der Waals surface area (Å²) in [7, 11) is 0. The van der Waals surface area contributed by atoms with Crippen LogP contribution in [-0.4, -0.2) is 30.7 Å². The molecule has 0 radical (unpaired) electrons. The van der Waals surface area contributed by atoms with Crippen molar-refractivity contribution >= 4 is 24.1 Å². The van der Waals surface area contributed by atoms with Crippen LogP contribution >= 0.6 is 0 Å². The van der Waals surface area contributed by atoms with E-state index in [1.54, 1.807) is 72.8 Å². The molecule has 0 heterocycles. The summed E-state index contributed by atoms with van der Waals surface area (Å²) in [5.41, 5.74) is 4.55. The molecule has 0 saturated heterocycles. The fourth-order valence-corrected chi connectivity index (χ4v) is 3.30. The van der Waals surface area contributed by atoms with Gasteiger partial charge in [-0.05, 0) is 72.6 Å². The van der Waals surface area contributed by atoms with Crippen LogP contribution in [0.5, 0.6) is 17.2 Å². The van der Waals surface area contributed by atoms with E-state index in [0.29, 0.717) is 22.4 Å². The largest absolute Gasteiger partial charge is 0.484 e. The lowest BCUT2D eigenvalue weighted by molar-refractivity contribution is -0.123. The predicted molar refractivity (Wildman–Crippen MR) is 142 cm³/mol. The number of carbonyl (C=O) groups excluding carboxylic acids is 3. The summed E-state index contributed by atoms with van der Waals surface area (Å²) in [5.74, 6) is -1.04. The van der Waals surface area contributed by atoms with Crippen molar-refractivity contribution in [1.29, 1.82) is 0 Å². The number of esters is 2. The standard InChI is InChI=1S/C30H24N2O6/c1-21-9-8-14-25(17-21)36-20-28(33)32-31-19-22-15-16-26(37-29(34)23-10-4-2-5-11-23)27(18-22)38-30(35)24-12-6-3-7-13-24/h2-19H,20H2,1H3,(H,32,33). The molecule has 1 amide bonds. The fraction of sp³-hybridized carbons (Fsp3) is 0.0667. The number of hydrogen-bond acceptors (Lipinski definition) is 7. The highest BCUT2D eigenvalue weighted by Gasteiger charge is 2.17. The monoisotopic (exact) mass is 508 g/mol. The van der Waals surface area contributed by atoms with Gasteiger partial charge in [0.1, 0.15) is 5.75 Å². The topological polar surface area (TPSA) is 103 Å². The van der Waals surface area contributed by atoms with Gasteiger partial charge in [-0.3, -0.25) is 4.79 Å². The molecular weight excluding hydrogens is 484 g/mol. The average molecular weight is 509 g/mol. The van der Waals surface area contributed by atoms with E-state index in [2.05, 4.69) is 10.5 Å². The Morgan fingerprint density at radius 3 is 2.00 bits per heavy atom. The van der Waals surface area contributed by atoms with Crippen molar-refractivity contribution in [3.8, 4) is 17.2 Å². The Hall–Kier alpha value is -5.24. The van der Waals surface area contributed by atoms with E-state index >= 15 is 0 Å². The van der Waals surface area contributed by atoms with Gasteiger partial charge in [-0.15, -0.1) is 0 Å². The van der Waals surface area contributed by atoms with Crippen molar-refractivity contribution in [2.45, 2.75) is 6.92 Å². The first-order valence-electron chi connectivity index (χ1n) is 11.7. The Balaban J connectivity index is 1.46. The molecule has 8 nitrogen and oxygen atoms in total. The molecule has 190 valence electrons. The zero-order valence-corrected chi connectivity index (χ0v) is 20.5. The van der Waals surface area contributed by atoms with Crippen LogP contribution in [0.1, 0.15) is 31.8 Å². The van der Waals surface area contributed by atoms with Crippen molar-refractivity contribution in [1.82, 2.24) is 5.43 Å². The molecule has 4 aromatic rings. The molecule has 0 atom stereocenters. The zero-order chi connectivity index (χ0) is 26.7. The maximum atomic E-state index is 12.7. The van der Waals surface area contributed by atoms with Crippen molar-refractivity contribution < 1.29 is 28.6 Å². The number of nitrogens with one attached hydrogen (secondary N) is 1. The van der Waals surface area contributed by atoms with Crippen LogP contribution in [0.3, 0.4) is 0 Å². The lowest BCUT2D eigenvalue weighted by Gasteiger charge is -2.11. The van der Waals surface area contributed by atoms with Crippen LogP contribution < -0.4 is 19.6 Å². The fourth-order valence-electron chi connectivity index (χ4n) is 3.30. The van der Waals surface area contributed by atoms with Gasteiger partial charge in [-0.25, -0.2) is 15.0 Å². The second-order valence-corrected chi connectivity index (χ2v) is 8.12. The van der Waals surface area contributed by atoms with Gasteiger partial charge >= 0.3 is 11.9 Å². The number of rotatable bonds is 9. The number of hydrogen-bond donors (Lipinski definition) is 1. The second-order valence-electron chi connectivity index (χ2n) is 8.12. The van der Waals surface area contributed by atoms with Crippen molar-refractivity contribution in [2.24, 2.45) is 5.10 Å². The SMILES string of the molecule is Cc1cccc(OCC(=O)NN=Cc2ccc(OC(=O)c3ccccc3)c(OC(=O)c3ccccc3)c2)c1. The second kappa shape index (κ2) is 12.6. The lowest BCUT2D eigenvalue weighted by Crippen LogP contribution is -2.24. The number of hydrazone groups is 1. The maximum absolute atomic E-state index is 12.7. The Morgan fingerprint density at radius 2 is 1.37 bits per heavy atom. The summed E-state index contributed by atoms with van der Waals surface area (Å²) >= 11 is 0. The minimum Gasteiger partial charge on any atom is -0.484 e. The van der Waals surface area contributed by atoms with Gasteiger partial charge < -0.3 is 14.2 Å². The third kappa shape index (κ3) is 7.38. The lowest BCUT2D eigenvalue weighted by atomic mass is 10.2. The highest BCUT2D eigenvalue weighted by molar-refractivity contribution is 5.94. The molecule has 0 aliphatic carbocycles. The summed E-state index contributed by atoms with van der Waals surface area (Å²) in [5, 5.41) is 3.94. The van der Waals surface area contributed by atoms with Crippen LogP contribution in [0.2, 0.25) is 0 Å². The van der Waals surface area contributed by atoms with Crippen LogP contribution in [0.15, 0.2) is 108 Å². The molecule has 0 spiro atoms. The van der Waals surface area contributed by atoms with Gasteiger partial charge in [0.25, 0.3) is 5.91 Å². The van der Waals surface area contributed by atoms with Gasteiger partial charge in [-0.2, -0.15) is 5.10 Å². The molecule has 4 aromatic carbocycles. The number of amides is 1. The van der Waals surface area contributed by atoms with E-state index in [0.717, 1.165) is 5.56 Å². The number of nitrogens with zero attached hydrogens (tertiary/aromatic N) is 1. The molecule has 0 bridgehead atoms. The molecule has 4 rings (SSSR count). The van der Waals surface area contributed by atoms with Crippen LogP contribution in [0.25, 0.3) is 0 Å². The summed E-state index contributed by atoms with van der Waals surface area (Å²) in [6, 6.07) is 28.8. The molecule has 38 heavy (non-hydrogen) atoms. The zero-order valence-electron chi connectivity index (χ0n) is 20.5. The van der Waals surface area contributed by atoms with Gasteiger partial charge in [-0.1, -0.05) is 48.5 Å². The first-order valence-corrected chi connectivity index (χ1v) is 11.7. The van der Waals surface area contributed by atoms with Gasteiger partial charge in [0.05, 0.1) is 17.3 Å². The number of benzene rings is 4. The highest BCUT2D eigenvalue weighted by Crippen LogP contribution is 2.30. The van der Waals surface area contributed by atoms with E-state index in [4.69, 9.17) is 14.2 Å². The van der Waals surface area contributed by atoms with Gasteiger partial charge in [0, 0.05) is 0 Å². The highest BCUT2D eigenvalue weighted by atomic mass is 16.6.